The van der Waals surface area contributed by atoms with Gasteiger partial charge < -0.3 is 9.84 Å². The summed E-state index contributed by atoms with van der Waals surface area (Å²) in [7, 11) is 0. The number of carbonyl (C=O) groups excluding carboxylic acids is 1. The second-order valence-corrected chi connectivity index (χ2v) is 10.5. The van der Waals surface area contributed by atoms with Crippen molar-refractivity contribution in [3.8, 4) is 22.7 Å². The van der Waals surface area contributed by atoms with Crippen molar-refractivity contribution in [2.45, 2.75) is 32.6 Å². The van der Waals surface area contributed by atoms with Gasteiger partial charge in [-0.3, -0.25) is 14.5 Å². The van der Waals surface area contributed by atoms with Crippen molar-refractivity contribution in [2.24, 2.45) is 0 Å². The van der Waals surface area contributed by atoms with Gasteiger partial charge in [0, 0.05) is 30.3 Å². The molecule has 0 radical (unpaired) electrons. The van der Waals surface area contributed by atoms with E-state index in [0.29, 0.717) is 38.7 Å². The lowest BCUT2D eigenvalue weighted by molar-refractivity contribution is -0.137. The molecule has 2 heterocycles. The summed E-state index contributed by atoms with van der Waals surface area (Å²) in [5.41, 5.74) is 3.04. The van der Waals surface area contributed by atoms with Gasteiger partial charge in [0.25, 0.3) is 5.91 Å². The summed E-state index contributed by atoms with van der Waals surface area (Å²) in [6.07, 6.45) is 5.92. The molecule has 1 saturated heterocycles. The average molecular weight is 556 g/mol. The van der Waals surface area contributed by atoms with E-state index < -0.39 is 5.97 Å². The van der Waals surface area contributed by atoms with E-state index in [1.807, 2.05) is 54.7 Å². The first-order valence-electron chi connectivity index (χ1n) is 11.9. The molecule has 4 rings (SSSR count). The number of unbranched alkanes of at least 4 members (excludes halogenated alkanes) is 1. The van der Waals surface area contributed by atoms with Crippen LogP contribution in [0.5, 0.6) is 5.75 Å². The number of halogens is 1. The lowest BCUT2D eigenvalue weighted by atomic mass is 10.1. The molecular weight excluding hydrogens is 530 g/mol. The Morgan fingerprint density at radius 1 is 1.22 bits per heavy atom. The summed E-state index contributed by atoms with van der Waals surface area (Å²) in [4.78, 5) is 25.9. The Hall–Kier alpha value is -3.14. The molecule has 7 nitrogen and oxygen atoms in total. The largest absolute Gasteiger partial charge is 0.492 e. The van der Waals surface area contributed by atoms with E-state index in [2.05, 4.69) is 6.92 Å². The van der Waals surface area contributed by atoms with Crippen LogP contribution >= 0.6 is 35.6 Å². The first kappa shape index (κ1) is 26.9. The smallest absolute Gasteiger partial charge is 0.303 e. The van der Waals surface area contributed by atoms with Gasteiger partial charge in [0.05, 0.1) is 22.2 Å². The zero-order chi connectivity index (χ0) is 26.4. The number of ether oxygens (including phenoxy) is 1. The molecule has 1 aromatic heterocycles. The van der Waals surface area contributed by atoms with Crippen molar-refractivity contribution in [3.05, 3.63) is 70.2 Å². The van der Waals surface area contributed by atoms with Crippen LogP contribution in [0.15, 0.2) is 59.6 Å². The number of nitrogens with zero attached hydrogens (tertiary/aromatic N) is 3. The van der Waals surface area contributed by atoms with Crippen LogP contribution in [0.1, 0.15) is 38.2 Å². The fourth-order valence-corrected chi connectivity index (χ4v) is 5.28. The highest BCUT2D eigenvalue weighted by Crippen LogP contribution is 2.36. The SMILES string of the molecule is CCCCOc1ccc(-c2nn(-c3ccccc3)cc2/C=C2\SC(=S)N(CCCC(=O)O)C2=O)cc1Cl. The highest BCUT2D eigenvalue weighted by atomic mass is 35.5. The third kappa shape index (κ3) is 6.60. The van der Waals surface area contributed by atoms with Gasteiger partial charge in [-0.1, -0.05) is 67.1 Å². The predicted octanol–water partition coefficient (Wildman–Crippen LogP) is 6.44. The Balaban J connectivity index is 1.68. The monoisotopic (exact) mass is 555 g/mol. The molecule has 0 saturated carbocycles. The summed E-state index contributed by atoms with van der Waals surface area (Å²) >= 11 is 13.1. The molecule has 37 heavy (non-hydrogen) atoms. The molecule has 0 spiro atoms. The standard InChI is InChI=1S/C27H26ClN3O4S2/c1-2-3-14-35-22-12-11-18(15-21(22)28)25-19(17-31(29-25)20-8-5-4-6-9-20)16-23-26(34)30(27(36)37-23)13-7-10-24(32)33/h4-6,8-9,11-12,15-17H,2-3,7,10,13-14H2,1H3,(H,32,33)/b23-16-. The van der Waals surface area contributed by atoms with Gasteiger partial charge >= 0.3 is 5.97 Å². The van der Waals surface area contributed by atoms with Crippen LogP contribution in [0.25, 0.3) is 23.0 Å². The normalized spacial score (nSPS) is 14.5. The Labute approximate surface area is 230 Å². The minimum absolute atomic E-state index is 0.0248. The molecule has 2 aromatic carbocycles. The van der Waals surface area contributed by atoms with Gasteiger partial charge in [-0.05, 0) is 49.2 Å². The fraction of sp³-hybridized carbons (Fsp3) is 0.259. The van der Waals surface area contributed by atoms with Gasteiger partial charge in [-0.25, -0.2) is 4.68 Å². The van der Waals surface area contributed by atoms with E-state index in [-0.39, 0.29) is 18.9 Å². The molecule has 0 bridgehead atoms. The highest BCUT2D eigenvalue weighted by Gasteiger charge is 2.32. The predicted molar refractivity (Wildman–Crippen MR) is 151 cm³/mol. The molecule has 10 heteroatoms. The number of benzene rings is 2. The molecule has 1 fully saturated rings. The average Bonchev–Trinajstić information content (AvgIpc) is 3.42. The van der Waals surface area contributed by atoms with Crippen LogP contribution in [0.4, 0.5) is 0 Å². The number of thiocarbonyl (C=S) groups is 1. The zero-order valence-electron chi connectivity index (χ0n) is 20.2. The van der Waals surface area contributed by atoms with Gasteiger partial charge in [0.2, 0.25) is 0 Å². The van der Waals surface area contributed by atoms with Crippen molar-refractivity contribution >= 4 is 57.9 Å². The molecule has 192 valence electrons. The first-order valence-corrected chi connectivity index (χ1v) is 13.5. The van der Waals surface area contributed by atoms with Crippen molar-refractivity contribution < 1.29 is 19.4 Å². The molecule has 0 unspecified atom stereocenters. The number of hydrogen-bond donors (Lipinski definition) is 1. The van der Waals surface area contributed by atoms with Gasteiger partial charge in [-0.15, -0.1) is 0 Å². The Bertz CT molecular complexity index is 1340. The molecule has 1 aliphatic heterocycles. The Morgan fingerprint density at radius 3 is 2.70 bits per heavy atom. The van der Waals surface area contributed by atoms with Crippen LogP contribution in [-0.4, -0.2) is 49.1 Å². The minimum Gasteiger partial charge on any atom is -0.492 e. The van der Waals surface area contributed by atoms with E-state index in [9.17, 15) is 9.59 Å². The number of amides is 1. The van der Waals surface area contributed by atoms with Crippen LogP contribution < -0.4 is 4.74 Å². The number of carboxylic acid groups (broad SMARTS) is 1. The van der Waals surface area contributed by atoms with Gasteiger partial charge in [-0.2, -0.15) is 5.10 Å². The van der Waals surface area contributed by atoms with Crippen molar-refractivity contribution in [1.29, 1.82) is 0 Å². The quantitative estimate of drug-likeness (QED) is 0.166. The van der Waals surface area contributed by atoms with Crippen molar-refractivity contribution in [2.75, 3.05) is 13.2 Å². The third-order valence-corrected chi connectivity index (χ3v) is 7.33. The summed E-state index contributed by atoms with van der Waals surface area (Å²) in [6, 6.07) is 15.2. The van der Waals surface area contributed by atoms with Crippen LogP contribution in [0.3, 0.4) is 0 Å². The summed E-state index contributed by atoms with van der Waals surface area (Å²) in [5.74, 6) is -0.527. The van der Waals surface area contributed by atoms with Crippen molar-refractivity contribution in [1.82, 2.24) is 14.7 Å². The number of thioether (sulfide) groups is 1. The van der Waals surface area contributed by atoms with Crippen LogP contribution in [0, 0.1) is 0 Å². The maximum absolute atomic E-state index is 13.1. The van der Waals surface area contributed by atoms with Gasteiger partial charge in [0.15, 0.2) is 0 Å². The molecule has 1 N–H and O–H groups in total. The number of rotatable bonds is 11. The number of para-hydroxylation sites is 1. The van der Waals surface area contributed by atoms with E-state index in [1.165, 1.54) is 16.7 Å². The maximum atomic E-state index is 13.1. The van der Waals surface area contributed by atoms with E-state index in [4.69, 9.17) is 38.8 Å². The summed E-state index contributed by atoms with van der Waals surface area (Å²) < 4.78 is 7.96. The molecule has 3 aromatic rings. The first-order chi connectivity index (χ1) is 17.9. The second-order valence-electron chi connectivity index (χ2n) is 8.39. The lowest BCUT2D eigenvalue weighted by Gasteiger charge is -2.13. The lowest BCUT2D eigenvalue weighted by Crippen LogP contribution is -2.29. The summed E-state index contributed by atoms with van der Waals surface area (Å²) in [5, 5.41) is 14.2. The van der Waals surface area contributed by atoms with Crippen LogP contribution in [0.2, 0.25) is 5.02 Å². The molecule has 1 aliphatic rings. The molecule has 0 atom stereocenters. The Morgan fingerprint density at radius 2 is 2.00 bits per heavy atom. The van der Waals surface area contributed by atoms with E-state index in [1.54, 1.807) is 10.8 Å². The minimum atomic E-state index is -0.903. The Kier molecular flexibility index (Phi) is 9.02. The number of hydrogen-bond acceptors (Lipinski definition) is 6. The second kappa shape index (κ2) is 12.4. The summed E-state index contributed by atoms with van der Waals surface area (Å²) in [6.45, 7) is 2.96. The molecule has 1 amide bonds. The van der Waals surface area contributed by atoms with E-state index in [0.717, 1.165) is 29.7 Å². The van der Waals surface area contributed by atoms with Crippen molar-refractivity contribution in [3.63, 3.8) is 0 Å². The number of aliphatic carboxylic acids is 1. The number of aromatic nitrogens is 2. The maximum Gasteiger partial charge on any atom is 0.303 e. The third-order valence-electron chi connectivity index (χ3n) is 5.66. The molecular formula is C27H26ClN3O4S2. The number of carboxylic acids is 1. The highest BCUT2D eigenvalue weighted by molar-refractivity contribution is 8.26. The van der Waals surface area contributed by atoms with Gasteiger partial charge in [0.1, 0.15) is 15.8 Å². The fourth-order valence-electron chi connectivity index (χ4n) is 3.74. The van der Waals surface area contributed by atoms with Crippen LogP contribution in [-0.2, 0) is 9.59 Å². The molecule has 0 aliphatic carbocycles. The van der Waals surface area contributed by atoms with E-state index >= 15 is 0 Å². The zero-order valence-corrected chi connectivity index (χ0v) is 22.6. The topological polar surface area (TPSA) is 84.7 Å². The number of carbonyl (C=O) groups is 2.